The molecule has 0 amide bonds. The zero-order valence-electron chi connectivity index (χ0n) is 15.8. The average Bonchev–Trinajstić information content (AvgIpc) is 2.72. The SMILES string of the molecule is Cc1ccnc(NS(=O)(=O)c2ccc(NC3=CC(=O)C(=O)c4ccccc43)cc2)n1. The molecule has 8 nitrogen and oxygen atoms in total. The molecule has 3 aromatic rings. The second-order valence-corrected chi connectivity index (χ2v) is 8.26. The normalized spacial score (nSPS) is 13.4. The molecule has 150 valence electrons. The van der Waals surface area contributed by atoms with Gasteiger partial charge in [-0.05, 0) is 37.3 Å². The molecule has 0 spiro atoms. The summed E-state index contributed by atoms with van der Waals surface area (Å²) in [6.45, 7) is 1.73. The first-order valence-electron chi connectivity index (χ1n) is 8.93. The number of nitrogens with zero attached hydrogens (tertiary/aromatic N) is 2. The van der Waals surface area contributed by atoms with Crippen molar-refractivity contribution in [1.29, 1.82) is 0 Å². The number of hydrogen-bond acceptors (Lipinski definition) is 7. The minimum absolute atomic E-state index is 0.00986. The number of anilines is 2. The van der Waals surface area contributed by atoms with Gasteiger partial charge in [0.2, 0.25) is 17.5 Å². The van der Waals surface area contributed by atoms with Crippen molar-refractivity contribution in [2.24, 2.45) is 0 Å². The summed E-state index contributed by atoms with van der Waals surface area (Å²) in [7, 11) is -3.86. The maximum atomic E-state index is 12.6. The summed E-state index contributed by atoms with van der Waals surface area (Å²) in [5.41, 5.74) is 2.60. The van der Waals surface area contributed by atoms with Gasteiger partial charge in [0, 0.05) is 34.8 Å². The number of allylic oxidation sites excluding steroid dienone is 1. The van der Waals surface area contributed by atoms with E-state index >= 15 is 0 Å². The number of aromatic nitrogens is 2. The van der Waals surface area contributed by atoms with Gasteiger partial charge in [0.05, 0.1) is 10.6 Å². The first-order chi connectivity index (χ1) is 14.3. The number of carbonyl (C=O) groups excluding carboxylic acids is 2. The summed E-state index contributed by atoms with van der Waals surface area (Å²) in [6.07, 6.45) is 2.71. The van der Waals surface area contributed by atoms with Gasteiger partial charge < -0.3 is 5.32 Å². The molecule has 1 aromatic heterocycles. The summed E-state index contributed by atoms with van der Waals surface area (Å²) in [5, 5.41) is 3.07. The van der Waals surface area contributed by atoms with Crippen LogP contribution in [0.3, 0.4) is 0 Å². The largest absolute Gasteiger partial charge is 0.355 e. The molecule has 4 rings (SSSR count). The van der Waals surface area contributed by atoms with Crippen molar-refractivity contribution < 1.29 is 18.0 Å². The Bertz CT molecular complexity index is 1300. The molecule has 30 heavy (non-hydrogen) atoms. The average molecular weight is 420 g/mol. The lowest BCUT2D eigenvalue weighted by Gasteiger charge is -2.18. The lowest BCUT2D eigenvalue weighted by atomic mass is 9.93. The van der Waals surface area contributed by atoms with Crippen molar-refractivity contribution in [3.8, 4) is 0 Å². The maximum absolute atomic E-state index is 12.6. The number of rotatable bonds is 5. The first kappa shape index (κ1) is 19.5. The maximum Gasteiger partial charge on any atom is 0.264 e. The van der Waals surface area contributed by atoms with E-state index in [-0.39, 0.29) is 10.8 Å². The van der Waals surface area contributed by atoms with E-state index in [0.29, 0.717) is 28.2 Å². The van der Waals surface area contributed by atoms with E-state index in [0.717, 1.165) is 0 Å². The van der Waals surface area contributed by atoms with Crippen molar-refractivity contribution in [3.05, 3.63) is 83.7 Å². The minimum atomic E-state index is -3.86. The molecule has 1 aliphatic carbocycles. The number of benzene rings is 2. The van der Waals surface area contributed by atoms with E-state index in [2.05, 4.69) is 20.0 Å². The third kappa shape index (κ3) is 3.83. The molecule has 0 fully saturated rings. The van der Waals surface area contributed by atoms with Gasteiger partial charge in [-0.15, -0.1) is 0 Å². The van der Waals surface area contributed by atoms with Crippen molar-refractivity contribution in [2.75, 3.05) is 10.0 Å². The molecule has 0 unspecified atom stereocenters. The van der Waals surface area contributed by atoms with Crippen LogP contribution in [0.4, 0.5) is 11.6 Å². The van der Waals surface area contributed by atoms with Crippen LogP contribution in [0, 0.1) is 6.92 Å². The van der Waals surface area contributed by atoms with Gasteiger partial charge in [0.25, 0.3) is 10.0 Å². The molecule has 1 aliphatic rings. The van der Waals surface area contributed by atoms with E-state index in [1.807, 2.05) is 0 Å². The highest BCUT2D eigenvalue weighted by molar-refractivity contribution is 7.92. The number of carbonyl (C=O) groups is 2. The Kier molecular flexibility index (Phi) is 4.88. The Morgan fingerprint density at radius 2 is 1.60 bits per heavy atom. The monoisotopic (exact) mass is 420 g/mol. The first-order valence-corrected chi connectivity index (χ1v) is 10.4. The van der Waals surface area contributed by atoms with E-state index in [1.54, 1.807) is 49.4 Å². The fourth-order valence-electron chi connectivity index (χ4n) is 2.98. The fourth-order valence-corrected chi connectivity index (χ4v) is 3.93. The summed E-state index contributed by atoms with van der Waals surface area (Å²) in [5.74, 6) is -1.18. The Labute approximate surface area is 172 Å². The summed E-state index contributed by atoms with van der Waals surface area (Å²) >= 11 is 0. The highest BCUT2D eigenvalue weighted by Crippen LogP contribution is 2.27. The molecular formula is C21H16N4O4S. The van der Waals surface area contributed by atoms with Crippen LogP contribution in [0.15, 0.2) is 71.8 Å². The molecule has 9 heteroatoms. The van der Waals surface area contributed by atoms with Crippen LogP contribution in [0.2, 0.25) is 0 Å². The smallest absolute Gasteiger partial charge is 0.264 e. The minimum Gasteiger partial charge on any atom is -0.355 e. The highest BCUT2D eigenvalue weighted by Gasteiger charge is 2.25. The number of ketones is 2. The Morgan fingerprint density at radius 3 is 2.30 bits per heavy atom. The number of nitrogens with one attached hydrogen (secondary N) is 2. The van der Waals surface area contributed by atoms with Gasteiger partial charge in [0.15, 0.2) is 0 Å². The lowest BCUT2D eigenvalue weighted by Crippen LogP contribution is -2.21. The van der Waals surface area contributed by atoms with Gasteiger partial charge >= 0.3 is 0 Å². The number of fused-ring (bicyclic) bond motifs is 1. The Morgan fingerprint density at radius 1 is 0.900 bits per heavy atom. The number of sulfonamides is 1. The third-order valence-electron chi connectivity index (χ3n) is 4.43. The van der Waals surface area contributed by atoms with Crippen LogP contribution in [-0.2, 0) is 14.8 Å². The molecule has 0 radical (unpaired) electrons. The second kappa shape index (κ2) is 7.53. The van der Waals surface area contributed by atoms with Crippen LogP contribution >= 0.6 is 0 Å². The van der Waals surface area contributed by atoms with E-state index in [1.165, 1.54) is 24.4 Å². The van der Waals surface area contributed by atoms with Crippen LogP contribution in [-0.4, -0.2) is 30.0 Å². The highest BCUT2D eigenvalue weighted by atomic mass is 32.2. The second-order valence-electron chi connectivity index (χ2n) is 6.57. The van der Waals surface area contributed by atoms with Gasteiger partial charge in [0.1, 0.15) is 0 Å². The Balaban J connectivity index is 1.56. The molecule has 1 heterocycles. The summed E-state index contributed by atoms with van der Waals surface area (Å²) in [4.78, 5) is 32.0. The number of aryl methyl sites for hydroxylation is 1. The molecule has 2 aromatic carbocycles. The van der Waals surface area contributed by atoms with E-state index in [9.17, 15) is 18.0 Å². The topological polar surface area (TPSA) is 118 Å². The molecule has 0 saturated heterocycles. The standard InChI is InChI=1S/C21H16N4O4S/c1-13-10-11-22-21(23-13)25-30(28,29)15-8-6-14(7-9-15)24-18-12-19(26)20(27)17-5-3-2-4-16(17)18/h2-12,24H,1H3,(H,22,23,25). The van der Waals surface area contributed by atoms with Gasteiger partial charge in [-0.2, -0.15) is 0 Å². The van der Waals surface area contributed by atoms with E-state index in [4.69, 9.17) is 0 Å². The van der Waals surface area contributed by atoms with Crippen LogP contribution < -0.4 is 10.0 Å². The van der Waals surface area contributed by atoms with Gasteiger partial charge in [-0.1, -0.05) is 24.3 Å². The van der Waals surface area contributed by atoms with Crippen molar-refractivity contribution in [1.82, 2.24) is 9.97 Å². The van der Waals surface area contributed by atoms with Crippen LogP contribution in [0.1, 0.15) is 21.6 Å². The van der Waals surface area contributed by atoms with Gasteiger partial charge in [-0.25, -0.2) is 23.1 Å². The quantitative estimate of drug-likeness (QED) is 0.609. The predicted octanol–water partition coefficient (Wildman–Crippen LogP) is 2.80. The Hall–Kier alpha value is -3.85. The zero-order chi connectivity index (χ0) is 21.3. The van der Waals surface area contributed by atoms with Crippen molar-refractivity contribution in [2.45, 2.75) is 11.8 Å². The zero-order valence-corrected chi connectivity index (χ0v) is 16.6. The van der Waals surface area contributed by atoms with E-state index < -0.39 is 21.6 Å². The van der Waals surface area contributed by atoms with Crippen molar-refractivity contribution in [3.63, 3.8) is 0 Å². The predicted molar refractivity (Wildman–Crippen MR) is 111 cm³/mol. The fraction of sp³-hybridized carbons (Fsp3) is 0.0476. The van der Waals surface area contributed by atoms with Crippen molar-refractivity contribution >= 4 is 38.9 Å². The van der Waals surface area contributed by atoms with Crippen LogP contribution in [0.25, 0.3) is 5.70 Å². The molecule has 0 atom stereocenters. The number of Topliss-reactive ketones (excluding diaryl/α,β-unsaturated/α-hetero) is 1. The molecular weight excluding hydrogens is 404 g/mol. The molecule has 0 bridgehead atoms. The third-order valence-corrected chi connectivity index (χ3v) is 5.77. The summed E-state index contributed by atoms with van der Waals surface area (Å²) < 4.78 is 27.4. The summed E-state index contributed by atoms with van der Waals surface area (Å²) in [6, 6.07) is 14.4. The van der Waals surface area contributed by atoms with Gasteiger partial charge in [-0.3, -0.25) is 9.59 Å². The molecule has 0 saturated carbocycles. The lowest BCUT2D eigenvalue weighted by molar-refractivity contribution is -0.111. The molecule has 2 N–H and O–H groups in total. The number of hydrogen-bond donors (Lipinski definition) is 2. The molecule has 0 aliphatic heterocycles. The van der Waals surface area contributed by atoms with Crippen LogP contribution in [0.5, 0.6) is 0 Å².